The number of halogens is 3. The summed E-state index contributed by atoms with van der Waals surface area (Å²) >= 11 is 0. The molecule has 0 aromatic heterocycles. The minimum atomic E-state index is -5.25. The topological polar surface area (TPSA) is 66.8 Å². The van der Waals surface area contributed by atoms with E-state index in [0.29, 0.717) is 0 Å². The van der Waals surface area contributed by atoms with E-state index >= 15 is 0 Å². The molecule has 0 aliphatic carbocycles. The average Bonchev–Trinajstić information content (AvgIpc) is 2.32. The Morgan fingerprint density at radius 1 is 1.38 bits per heavy atom. The average molecular weight is 200 g/mol. The molecule has 1 fully saturated rings. The van der Waals surface area contributed by atoms with Crippen molar-refractivity contribution < 1.29 is 32.9 Å². The second-order valence-corrected chi connectivity index (χ2v) is 2.73. The van der Waals surface area contributed by atoms with Gasteiger partial charge in [-0.1, -0.05) is 0 Å². The first-order valence-electron chi connectivity index (χ1n) is 3.45. The lowest BCUT2D eigenvalue weighted by Crippen LogP contribution is -2.52. The largest absolute Gasteiger partial charge is 0.465 e. The smallest absolute Gasteiger partial charge is 0.443 e. The van der Waals surface area contributed by atoms with Gasteiger partial charge in [0.2, 0.25) is 0 Å². The number of hydrogen-bond acceptors (Lipinski definition) is 4. The monoisotopic (exact) mass is 200 g/mol. The maximum absolute atomic E-state index is 12.0. The third-order valence-electron chi connectivity index (χ3n) is 1.84. The molecule has 0 aromatic carbocycles. The molecule has 1 saturated heterocycles. The van der Waals surface area contributed by atoms with E-state index < -0.39 is 23.9 Å². The first-order chi connectivity index (χ1) is 5.77. The predicted octanol–water partition coefficient (Wildman–Crippen LogP) is -0.207. The summed E-state index contributed by atoms with van der Waals surface area (Å²) in [5.74, 6) is -7.16. The van der Waals surface area contributed by atoms with Crippen LogP contribution in [-0.4, -0.2) is 34.8 Å². The Bertz CT molecular complexity index is 222. The van der Waals surface area contributed by atoms with E-state index in [0.717, 1.165) is 0 Å². The summed E-state index contributed by atoms with van der Waals surface area (Å²) in [5, 5.41) is 17.3. The van der Waals surface area contributed by atoms with Crippen LogP contribution in [0.1, 0.15) is 6.42 Å². The zero-order chi connectivity index (χ0) is 10.3. The van der Waals surface area contributed by atoms with Crippen molar-refractivity contribution in [3.63, 3.8) is 0 Å². The number of cyclic esters (lactones) is 1. The molecule has 0 aromatic rings. The quantitative estimate of drug-likeness (QED) is 0.454. The summed E-state index contributed by atoms with van der Waals surface area (Å²) < 4.78 is 40.0. The van der Waals surface area contributed by atoms with Gasteiger partial charge in [0.05, 0.1) is 6.61 Å². The van der Waals surface area contributed by atoms with Crippen LogP contribution in [0.5, 0.6) is 0 Å². The highest BCUT2D eigenvalue weighted by Crippen LogP contribution is 2.38. The molecular formula is C6H7F3O4. The van der Waals surface area contributed by atoms with Gasteiger partial charge in [-0.15, -0.1) is 0 Å². The van der Waals surface area contributed by atoms with E-state index in [1.807, 2.05) is 0 Å². The predicted molar refractivity (Wildman–Crippen MR) is 32.3 cm³/mol. The van der Waals surface area contributed by atoms with Gasteiger partial charge in [-0.3, -0.25) is 4.79 Å². The van der Waals surface area contributed by atoms with Gasteiger partial charge in [0.1, 0.15) is 5.92 Å². The molecule has 1 unspecified atom stereocenters. The van der Waals surface area contributed by atoms with Gasteiger partial charge in [-0.2, -0.15) is 13.2 Å². The molecule has 2 N–H and O–H groups in total. The third kappa shape index (κ3) is 1.61. The highest BCUT2D eigenvalue weighted by Gasteiger charge is 2.61. The normalized spacial score (nSPS) is 24.7. The van der Waals surface area contributed by atoms with Gasteiger partial charge in [0, 0.05) is 6.42 Å². The number of alkyl halides is 3. The Morgan fingerprint density at radius 2 is 1.92 bits per heavy atom. The van der Waals surface area contributed by atoms with Crippen LogP contribution < -0.4 is 0 Å². The second kappa shape index (κ2) is 2.85. The molecule has 1 heterocycles. The lowest BCUT2D eigenvalue weighted by atomic mass is 9.97. The summed E-state index contributed by atoms with van der Waals surface area (Å²) in [6.45, 7) is -0.220. The van der Waals surface area contributed by atoms with Gasteiger partial charge in [0.25, 0.3) is 5.79 Å². The van der Waals surface area contributed by atoms with Crippen LogP contribution in [0.2, 0.25) is 0 Å². The van der Waals surface area contributed by atoms with E-state index in [1.165, 1.54) is 0 Å². The van der Waals surface area contributed by atoms with Gasteiger partial charge < -0.3 is 14.9 Å². The minimum Gasteiger partial charge on any atom is -0.465 e. The van der Waals surface area contributed by atoms with E-state index in [-0.39, 0.29) is 13.0 Å². The van der Waals surface area contributed by atoms with Gasteiger partial charge in [-0.05, 0) is 0 Å². The number of esters is 1. The number of rotatable bonds is 1. The van der Waals surface area contributed by atoms with Gasteiger partial charge in [0.15, 0.2) is 0 Å². The van der Waals surface area contributed by atoms with Crippen LogP contribution in [0.15, 0.2) is 0 Å². The molecule has 0 amide bonds. The Kier molecular flexibility index (Phi) is 2.25. The Labute approximate surface area is 70.9 Å². The van der Waals surface area contributed by atoms with Crippen molar-refractivity contribution >= 4 is 5.97 Å². The number of carbonyl (C=O) groups is 1. The van der Waals surface area contributed by atoms with Crippen LogP contribution in [-0.2, 0) is 9.53 Å². The number of carbonyl (C=O) groups excluding carboxylic acids is 1. The van der Waals surface area contributed by atoms with Crippen molar-refractivity contribution in [1.82, 2.24) is 0 Å². The van der Waals surface area contributed by atoms with Crippen molar-refractivity contribution in [2.45, 2.75) is 18.4 Å². The lowest BCUT2D eigenvalue weighted by molar-refractivity contribution is -0.364. The van der Waals surface area contributed by atoms with Crippen LogP contribution >= 0.6 is 0 Å². The first kappa shape index (κ1) is 10.3. The van der Waals surface area contributed by atoms with Crippen LogP contribution in [0.25, 0.3) is 0 Å². The minimum absolute atomic E-state index is 0.220. The van der Waals surface area contributed by atoms with Crippen molar-refractivity contribution in [3.8, 4) is 0 Å². The lowest BCUT2D eigenvalue weighted by Gasteiger charge is -2.27. The Morgan fingerprint density at radius 3 is 2.23 bits per heavy atom. The summed E-state index contributed by atoms with van der Waals surface area (Å²) in [5.41, 5.74) is 0. The SMILES string of the molecule is O=C1OCCC1C(O)(O)C(F)(F)F. The Hall–Kier alpha value is -0.820. The highest BCUT2D eigenvalue weighted by atomic mass is 19.4. The fourth-order valence-electron chi connectivity index (χ4n) is 1.06. The molecular weight excluding hydrogens is 193 g/mol. The zero-order valence-electron chi connectivity index (χ0n) is 6.34. The summed E-state index contributed by atoms with van der Waals surface area (Å²) in [7, 11) is 0. The Balaban J connectivity index is 2.86. The standard InChI is InChI=1S/C6H7F3O4/c7-6(8,9)5(11,12)3-1-2-13-4(3)10/h3,11-12H,1-2H2. The van der Waals surface area contributed by atoms with Gasteiger partial charge in [-0.25, -0.2) is 0 Å². The number of ether oxygens (including phenoxy) is 1. The van der Waals surface area contributed by atoms with Crippen molar-refractivity contribution in [2.75, 3.05) is 6.61 Å². The van der Waals surface area contributed by atoms with Crippen LogP contribution in [0, 0.1) is 5.92 Å². The van der Waals surface area contributed by atoms with E-state index in [2.05, 4.69) is 4.74 Å². The summed E-state index contributed by atoms with van der Waals surface area (Å²) in [6, 6.07) is 0. The molecule has 1 atom stereocenters. The van der Waals surface area contributed by atoms with Crippen LogP contribution in [0.3, 0.4) is 0 Å². The molecule has 7 heteroatoms. The second-order valence-electron chi connectivity index (χ2n) is 2.73. The maximum Gasteiger partial charge on any atom is 0.443 e. The number of aliphatic hydroxyl groups is 2. The summed E-state index contributed by atoms with van der Waals surface area (Å²) in [4.78, 5) is 10.6. The molecule has 1 aliphatic heterocycles. The van der Waals surface area contributed by atoms with Gasteiger partial charge >= 0.3 is 12.1 Å². The molecule has 0 spiro atoms. The summed E-state index contributed by atoms with van der Waals surface area (Å²) in [6.07, 6.45) is -5.59. The molecule has 4 nitrogen and oxygen atoms in total. The van der Waals surface area contributed by atoms with E-state index in [9.17, 15) is 18.0 Å². The van der Waals surface area contributed by atoms with E-state index in [4.69, 9.17) is 10.2 Å². The fourth-order valence-corrected chi connectivity index (χ4v) is 1.06. The zero-order valence-corrected chi connectivity index (χ0v) is 6.34. The highest BCUT2D eigenvalue weighted by molar-refractivity contribution is 5.75. The van der Waals surface area contributed by atoms with E-state index in [1.54, 1.807) is 0 Å². The molecule has 76 valence electrons. The fraction of sp³-hybridized carbons (Fsp3) is 0.833. The first-order valence-corrected chi connectivity index (χ1v) is 3.45. The molecule has 1 rings (SSSR count). The number of hydrogen-bond donors (Lipinski definition) is 2. The van der Waals surface area contributed by atoms with Crippen molar-refractivity contribution in [2.24, 2.45) is 5.92 Å². The van der Waals surface area contributed by atoms with Crippen LogP contribution in [0.4, 0.5) is 13.2 Å². The molecule has 0 saturated carbocycles. The molecule has 0 radical (unpaired) electrons. The molecule has 0 bridgehead atoms. The molecule has 13 heavy (non-hydrogen) atoms. The molecule has 1 aliphatic rings. The van der Waals surface area contributed by atoms with Crippen molar-refractivity contribution in [3.05, 3.63) is 0 Å². The van der Waals surface area contributed by atoms with Crippen molar-refractivity contribution in [1.29, 1.82) is 0 Å². The maximum atomic E-state index is 12.0. The third-order valence-corrected chi connectivity index (χ3v) is 1.84.